The number of phenols is 6. The second-order valence-corrected chi connectivity index (χ2v) is 15.2. The first-order chi connectivity index (χ1) is 28.7. The summed E-state index contributed by atoms with van der Waals surface area (Å²) in [5, 5.41) is 223. The lowest BCUT2D eigenvalue weighted by atomic mass is 9.65. The van der Waals surface area contributed by atoms with Crippen molar-refractivity contribution in [1.82, 2.24) is 19.6 Å². The van der Waals surface area contributed by atoms with Crippen LogP contribution in [0.25, 0.3) is 0 Å². The minimum atomic E-state index is -6.16. The van der Waals surface area contributed by atoms with E-state index in [4.69, 9.17) is 0 Å². The first-order valence-electron chi connectivity index (χ1n) is 17.3. The Bertz CT molecular complexity index is 2230. The highest BCUT2D eigenvalue weighted by Crippen LogP contribution is 2.62. The topological polar surface area (TPSA) is 452 Å². The molecule has 0 saturated carbocycles. The van der Waals surface area contributed by atoms with Crippen LogP contribution in [0, 0.1) is 12.7 Å². The number of halogens is 7. The number of nitrogens with zero attached hydrogens (tertiary/aromatic N) is 4. The van der Waals surface area contributed by atoms with E-state index >= 15 is 0 Å². The fourth-order valence-electron chi connectivity index (χ4n) is 8.00. The number of aromatic hydroxyl groups is 6. The third-order valence-corrected chi connectivity index (χ3v) is 11.4. The van der Waals surface area contributed by atoms with E-state index in [1.807, 2.05) is 0 Å². The molecule has 65 heavy (non-hydrogen) atoms. The second kappa shape index (κ2) is 14.7. The van der Waals surface area contributed by atoms with E-state index in [9.17, 15) is 142 Å². The molecule has 0 aliphatic carbocycles. The van der Waals surface area contributed by atoms with Crippen LogP contribution in [0.1, 0.15) is 54.6 Å². The zero-order chi connectivity index (χ0) is 51.3. The van der Waals surface area contributed by atoms with Crippen molar-refractivity contribution in [2.45, 2.75) is 98.6 Å². The van der Waals surface area contributed by atoms with Crippen LogP contribution in [-0.2, 0) is 22.9 Å². The van der Waals surface area contributed by atoms with Crippen molar-refractivity contribution >= 4 is 11.9 Å². The number of carbonyl (C=O) groups is 2. The number of alkyl halides is 6. The number of aliphatic hydroxyl groups excluding tert-OH is 1. The van der Waals surface area contributed by atoms with Gasteiger partial charge in [-0.05, 0) is 20.8 Å². The third-order valence-electron chi connectivity index (χ3n) is 11.4. The number of likely N-dealkylation sites (tertiary alicyclic amines) is 1. The quantitative estimate of drug-likeness (QED) is 0.0577. The van der Waals surface area contributed by atoms with Gasteiger partial charge in [0.05, 0.1) is 23.8 Å². The lowest BCUT2D eigenvalue weighted by Gasteiger charge is -2.70. The van der Waals surface area contributed by atoms with E-state index in [0.29, 0.717) is 13.8 Å². The van der Waals surface area contributed by atoms with Crippen molar-refractivity contribution in [3.05, 3.63) is 33.6 Å². The van der Waals surface area contributed by atoms with Gasteiger partial charge in [0.1, 0.15) is 40.0 Å². The summed E-state index contributed by atoms with van der Waals surface area (Å²) < 4.78 is 99.3. The van der Waals surface area contributed by atoms with Gasteiger partial charge in [-0.2, -0.15) is 35.6 Å². The molecule has 2 aliphatic rings. The summed E-state index contributed by atoms with van der Waals surface area (Å²) in [7, 11) is 0.165. The second-order valence-electron chi connectivity index (χ2n) is 15.2. The largest absolute Gasteiger partial charge is 0.507 e. The van der Waals surface area contributed by atoms with Crippen LogP contribution in [0.2, 0.25) is 0 Å². The average Bonchev–Trinajstić information content (AvgIpc) is 3.11. The molecular formula is C32H39F7N4O22. The molecular weight excluding hydrogens is 925 g/mol. The Balaban J connectivity index is 2.27. The minimum Gasteiger partial charge on any atom is -0.507 e. The lowest BCUT2D eigenvalue weighted by molar-refractivity contribution is -0.618. The van der Waals surface area contributed by atoms with Gasteiger partial charge in [-0.1, -0.05) is 0 Å². The maximum atomic E-state index is 14.9. The fourth-order valence-corrected chi connectivity index (χ4v) is 8.00. The normalized spacial score (nSPS) is 27.9. The Morgan fingerprint density at radius 1 is 0.677 bits per heavy atom. The Hall–Kier alpha value is -5.11. The molecule has 0 radical (unpaired) electrons. The molecule has 2 aromatic rings. The average molecular weight is 965 g/mol. The highest BCUT2D eigenvalue weighted by molar-refractivity contribution is 5.79. The van der Waals surface area contributed by atoms with E-state index in [2.05, 4.69) is 0 Å². The first kappa shape index (κ1) is 52.5. The molecule has 4 rings (SSSR count). The SMILES string of the molecule is CC(=O)N1C(O)(O)C(O)(O)N(C2C(C)(O)C(O)(c3c(C)c(O)c(F)c(O)c3O)N(C(=O)N(C)C(C)c3c(O)c(C(F)(F)F)c(O)c(C(F)(F)F)c3O)C(O)(CO)C2(O)O)C(O)(O)C1(O)O. The highest BCUT2D eigenvalue weighted by atomic mass is 19.4. The number of aliphatic hydroxyl groups is 14. The zero-order valence-electron chi connectivity index (χ0n) is 33.1. The fraction of sp³-hybridized carbons (Fsp3) is 0.562. The Morgan fingerprint density at radius 3 is 1.43 bits per heavy atom. The number of rotatable bonds is 5. The molecule has 5 unspecified atom stereocenters. The number of urea groups is 1. The maximum Gasteiger partial charge on any atom is 0.423 e. The molecule has 0 aromatic heterocycles. The molecule has 0 spiro atoms. The number of phenolic OH excluding ortho intramolecular Hbond substituents is 6. The van der Waals surface area contributed by atoms with Gasteiger partial charge >= 0.3 is 42.0 Å². The van der Waals surface area contributed by atoms with E-state index in [-0.39, 0.29) is 20.9 Å². The predicted molar refractivity (Wildman–Crippen MR) is 182 cm³/mol. The standard InChI is InChI=1S/C32H39F7N4O22/c1-7-11(19(50)20(51)14(33)15(7)46)25(55)23(4,53)21(42-31(62,63)29(58,59)41(9(3)45)30(60,61)32(42,64)65)26(56,57)24(54,6-44)43(25)22(52)40(5)8(2)10-16(47)12(27(34,35)36)18(49)13(17(10)48)28(37,38)39/h8,21,44,46-51,53-65H,6H2,1-5H3. The molecule has 0 bridgehead atoms. The van der Waals surface area contributed by atoms with Crippen LogP contribution in [0.15, 0.2) is 0 Å². The number of benzene rings is 2. The molecule has 26 nitrogen and oxygen atoms in total. The third kappa shape index (κ3) is 6.45. The Labute approximate surface area is 354 Å². The summed E-state index contributed by atoms with van der Waals surface area (Å²) >= 11 is 0. The van der Waals surface area contributed by atoms with Crippen LogP contribution in [0.5, 0.6) is 34.5 Å². The number of hydrogen-bond acceptors (Lipinski definition) is 23. The number of carbonyl (C=O) groups excluding carboxylic acids is 2. The molecule has 33 heteroatoms. The van der Waals surface area contributed by atoms with E-state index < -0.39 is 177 Å². The lowest BCUT2D eigenvalue weighted by Crippen LogP contribution is -2.98. The van der Waals surface area contributed by atoms with Gasteiger partial charge in [-0.25, -0.2) is 9.69 Å². The summed E-state index contributed by atoms with van der Waals surface area (Å²) in [5.41, 5.74) is -26.5. The van der Waals surface area contributed by atoms with Crippen molar-refractivity contribution in [2.24, 2.45) is 0 Å². The zero-order valence-corrected chi connectivity index (χ0v) is 33.1. The molecule has 2 heterocycles. The van der Waals surface area contributed by atoms with Gasteiger partial charge in [0.2, 0.25) is 29.0 Å². The molecule has 3 amide bonds. The molecule has 2 saturated heterocycles. The smallest absolute Gasteiger partial charge is 0.423 e. The predicted octanol–water partition coefficient (Wildman–Crippen LogP) is -5.12. The molecule has 2 aromatic carbocycles. The minimum absolute atomic E-state index is 0.137. The summed E-state index contributed by atoms with van der Waals surface area (Å²) in [6, 6.07) is -10.0. The summed E-state index contributed by atoms with van der Waals surface area (Å²) in [4.78, 5) is 22.4. The van der Waals surface area contributed by atoms with E-state index in [1.54, 1.807) is 0 Å². The Kier molecular flexibility index (Phi) is 11.9. The van der Waals surface area contributed by atoms with Gasteiger partial charge in [0, 0.05) is 19.5 Å². The molecule has 2 aliphatic heterocycles. The number of amides is 3. The van der Waals surface area contributed by atoms with E-state index in [0.717, 1.165) is 0 Å². The van der Waals surface area contributed by atoms with Gasteiger partial charge in [-0.3, -0.25) is 9.69 Å². The Morgan fingerprint density at radius 2 is 1.08 bits per heavy atom. The van der Waals surface area contributed by atoms with Crippen molar-refractivity contribution in [1.29, 1.82) is 0 Å². The number of piperazine rings is 1. The van der Waals surface area contributed by atoms with Crippen molar-refractivity contribution in [2.75, 3.05) is 13.7 Å². The van der Waals surface area contributed by atoms with Gasteiger partial charge in [0.15, 0.2) is 17.2 Å². The number of hydrogen-bond donors (Lipinski definition) is 20. The molecule has 5 atom stereocenters. The van der Waals surface area contributed by atoms with Crippen molar-refractivity contribution in [3.63, 3.8) is 0 Å². The van der Waals surface area contributed by atoms with Crippen LogP contribution >= 0.6 is 0 Å². The first-order valence-corrected chi connectivity index (χ1v) is 17.3. The monoisotopic (exact) mass is 964 g/mol. The van der Waals surface area contributed by atoms with Gasteiger partial charge in [-0.15, -0.1) is 0 Å². The van der Waals surface area contributed by atoms with Gasteiger partial charge < -0.3 is 107 Å². The molecule has 2 fully saturated rings. The van der Waals surface area contributed by atoms with Crippen LogP contribution in [-0.4, -0.2) is 194 Å². The van der Waals surface area contributed by atoms with Crippen LogP contribution in [0.4, 0.5) is 35.5 Å². The van der Waals surface area contributed by atoms with E-state index in [1.165, 1.54) is 0 Å². The maximum absolute atomic E-state index is 14.9. The van der Waals surface area contributed by atoms with Crippen molar-refractivity contribution in [3.8, 4) is 34.5 Å². The number of piperidine rings is 1. The highest BCUT2D eigenvalue weighted by Gasteiger charge is 2.87. The van der Waals surface area contributed by atoms with Gasteiger partial charge in [0.25, 0.3) is 0 Å². The summed E-state index contributed by atoms with van der Waals surface area (Å²) in [6.07, 6.45) is -12.3. The molecule has 20 N–H and O–H groups in total. The van der Waals surface area contributed by atoms with Crippen LogP contribution < -0.4 is 0 Å². The summed E-state index contributed by atoms with van der Waals surface area (Å²) in [6.45, 7) is -2.19. The molecule has 368 valence electrons. The summed E-state index contributed by atoms with van der Waals surface area (Å²) in [5.74, 6) is -45.6. The van der Waals surface area contributed by atoms with Crippen molar-refractivity contribution < 1.29 is 142 Å². The van der Waals surface area contributed by atoms with Crippen LogP contribution in [0.3, 0.4) is 0 Å².